The van der Waals surface area contributed by atoms with Crippen LogP contribution in [0.2, 0.25) is 0 Å². The van der Waals surface area contributed by atoms with Crippen LogP contribution in [0, 0.1) is 0 Å². The number of halogens is 1. The van der Waals surface area contributed by atoms with Crippen LogP contribution in [-0.4, -0.2) is 11.1 Å². The molecule has 0 aliphatic heterocycles. The quantitative estimate of drug-likeness (QED) is 0.444. The van der Waals surface area contributed by atoms with Crippen LogP contribution in [0.5, 0.6) is 0 Å². The molecule has 0 saturated carbocycles. The molecule has 1 heterocycles. The van der Waals surface area contributed by atoms with Gasteiger partial charge >= 0.3 is 0 Å². The maximum Gasteiger partial charge on any atom is 0.194 e. The van der Waals surface area contributed by atoms with Crippen LogP contribution in [-0.2, 0) is 6.42 Å². The van der Waals surface area contributed by atoms with Crippen molar-refractivity contribution in [2.75, 3.05) is 5.33 Å². The van der Waals surface area contributed by atoms with E-state index in [2.05, 4.69) is 15.9 Å². The Morgan fingerprint density at radius 2 is 2.14 bits per heavy atom. The molecule has 0 aromatic carbocycles. The fourth-order valence-electron chi connectivity index (χ4n) is 1.27. The van der Waals surface area contributed by atoms with Gasteiger partial charge in [0.1, 0.15) is 5.76 Å². The Balaban J connectivity index is 2.33. The number of carbonyl (C=O) groups excluding carboxylic acids is 1. The Labute approximate surface area is 92.8 Å². The van der Waals surface area contributed by atoms with E-state index in [-0.39, 0.29) is 5.78 Å². The summed E-state index contributed by atoms with van der Waals surface area (Å²) in [5.41, 5.74) is 0. The van der Waals surface area contributed by atoms with E-state index in [0.29, 0.717) is 5.76 Å². The molecule has 0 unspecified atom stereocenters. The van der Waals surface area contributed by atoms with Crippen LogP contribution in [0.15, 0.2) is 16.5 Å². The molecule has 0 saturated heterocycles. The summed E-state index contributed by atoms with van der Waals surface area (Å²) in [6.07, 6.45) is 4.44. The Kier molecular flexibility index (Phi) is 4.94. The van der Waals surface area contributed by atoms with Crippen molar-refractivity contribution < 1.29 is 9.21 Å². The maximum atomic E-state index is 10.9. The molecule has 3 heteroatoms. The van der Waals surface area contributed by atoms with Crippen molar-refractivity contribution in [2.24, 2.45) is 0 Å². The standard InChI is InChI=1S/C11H15BrO2/c1-9(13)11-7-6-10(14-11)5-3-2-4-8-12/h6-7H,2-5,8H2,1H3. The molecule has 2 nitrogen and oxygen atoms in total. The van der Waals surface area contributed by atoms with Crippen molar-refractivity contribution in [3.63, 3.8) is 0 Å². The summed E-state index contributed by atoms with van der Waals surface area (Å²) in [6.45, 7) is 1.52. The smallest absolute Gasteiger partial charge is 0.194 e. The molecule has 0 N–H and O–H groups in total. The van der Waals surface area contributed by atoms with Crippen LogP contribution >= 0.6 is 15.9 Å². The molecule has 0 aliphatic carbocycles. The third-order valence-electron chi connectivity index (χ3n) is 2.07. The molecule has 0 atom stereocenters. The Morgan fingerprint density at radius 1 is 1.36 bits per heavy atom. The van der Waals surface area contributed by atoms with Crippen LogP contribution in [0.1, 0.15) is 42.5 Å². The third-order valence-corrected chi connectivity index (χ3v) is 2.63. The summed E-state index contributed by atoms with van der Waals surface area (Å²) in [7, 11) is 0. The van der Waals surface area contributed by atoms with Crippen molar-refractivity contribution in [3.05, 3.63) is 23.7 Å². The molecule has 78 valence electrons. The highest BCUT2D eigenvalue weighted by atomic mass is 79.9. The molecule has 0 radical (unpaired) electrons. The summed E-state index contributed by atoms with van der Waals surface area (Å²) in [4.78, 5) is 10.9. The average molecular weight is 259 g/mol. The number of Topliss-reactive ketones (excluding diaryl/α,β-unsaturated/α-hetero) is 1. The first-order valence-corrected chi connectivity index (χ1v) is 6.02. The van der Waals surface area contributed by atoms with E-state index >= 15 is 0 Å². The predicted octanol–water partition coefficient (Wildman–Crippen LogP) is 3.59. The first-order valence-electron chi connectivity index (χ1n) is 4.89. The Hall–Kier alpha value is -0.570. The van der Waals surface area contributed by atoms with Gasteiger partial charge in [0.25, 0.3) is 0 Å². The highest BCUT2D eigenvalue weighted by Crippen LogP contribution is 2.12. The molecule has 0 spiro atoms. The molecule has 14 heavy (non-hydrogen) atoms. The third kappa shape index (κ3) is 3.66. The second-order valence-electron chi connectivity index (χ2n) is 3.32. The highest BCUT2D eigenvalue weighted by molar-refractivity contribution is 9.09. The second kappa shape index (κ2) is 6.02. The number of furan rings is 1. The number of unbranched alkanes of at least 4 members (excludes halogenated alkanes) is 2. The monoisotopic (exact) mass is 258 g/mol. The zero-order valence-electron chi connectivity index (χ0n) is 8.38. The Morgan fingerprint density at radius 3 is 2.71 bits per heavy atom. The molecular weight excluding hydrogens is 244 g/mol. The van der Waals surface area contributed by atoms with E-state index in [1.54, 1.807) is 6.07 Å². The van der Waals surface area contributed by atoms with Gasteiger partial charge in [0.2, 0.25) is 0 Å². The number of aryl methyl sites for hydroxylation is 1. The molecule has 0 aliphatic rings. The van der Waals surface area contributed by atoms with E-state index in [0.717, 1.165) is 23.9 Å². The van der Waals surface area contributed by atoms with Gasteiger partial charge in [-0.15, -0.1) is 0 Å². The van der Waals surface area contributed by atoms with Crippen LogP contribution < -0.4 is 0 Å². The lowest BCUT2D eigenvalue weighted by molar-refractivity contribution is 0.0985. The molecule has 0 fully saturated rings. The fourth-order valence-corrected chi connectivity index (χ4v) is 1.67. The largest absolute Gasteiger partial charge is 0.458 e. The van der Waals surface area contributed by atoms with Crippen molar-refractivity contribution >= 4 is 21.7 Å². The molecule has 1 aromatic rings. The van der Waals surface area contributed by atoms with Crippen molar-refractivity contribution in [1.29, 1.82) is 0 Å². The summed E-state index contributed by atoms with van der Waals surface area (Å²) in [6, 6.07) is 3.65. The van der Waals surface area contributed by atoms with Crippen LogP contribution in [0.3, 0.4) is 0 Å². The zero-order valence-corrected chi connectivity index (χ0v) is 9.97. The van der Waals surface area contributed by atoms with E-state index in [1.165, 1.54) is 19.8 Å². The first-order chi connectivity index (χ1) is 6.74. The van der Waals surface area contributed by atoms with Gasteiger partial charge in [0, 0.05) is 18.7 Å². The molecule has 1 rings (SSSR count). The number of carbonyl (C=O) groups is 1. The minimum Gasteiger partial charge on any atom is -0.458 e. The van der Waals surface area contributed by atoms with Gasteiger partial charge in [-0.1, -0.05) is 22.4 Å². The summed E-state index contributed by atoms with van der Waals surface area (Å²) < 4.78 is 5.36. The van der Waals surface area contributed by atoms with Crippen LogP contribution in [0.4, 0.5) is 0 Å². The highest BCUT2D eigenvalue weighted by Gasteiger charge is 2.05. The van der Waals surface area contributed by atoms with Gasteiger partial charge in [-0.25, -0.2) is 0 Å². The van der Waals surface area contributed by atoms with E-state index in [4.69, 9.17) is 4.42 Å². The van der Waals surface area contributed by atoms with Crippen LogP contribution in [0.25, 0.3) is 0 Å². The lowest BCUT2D eigenvalue weighted by atomic mass is 10.2. The van der Waals surface area contributed by atoms with Crippen molar-refractivity contribution in [1.82, 2.24) is 0 Å². The average Bonchev–Trinajstić information content (AvgIpc) is 2.61. The first kappa shape index (κ1) is 11.5. The summed E-state index contributed by atoms with van der Waals surface area (Å²) in [5, 5.41) is 1.06. The van der Waals surface area contributed by atoms with Gasteiger partial charge in [-0.05, 0) is 25.0 Å². The zero-order chi connectivity index (χ0) is 10.4. The molecule has 1 aromatic heterocycles. The number of rotatable bonds is 6. The van der Waals surface area contributed by atoms with E-state index in [9.17, 15) is 4.79 Å². The lowest BCUT2D eigenvalue weighted by Gasteiger charge is -1.96. The normalized spacial score (nSPS) is 10.4. The van der Waals surface area contributed by atoms with Gasteiger partial charge in [0.05, 0.1) is 0 Å². The van der Waals surface area contributed by atoms with Gasteiger partial charge in [-0.3, -0.25) is 4.79 Å². The number of hydrogen-bond acceptors (Lipinski definition) is 2. The minimum absolute atomic E-state index is 0.00305. The second-order valence-corrected chi connectivity index (χ2v) is 4.11. The maximum absolute atomic E-state index is 10.9. The number of ketones is 1. The number of hydrogen-bond donors (Lipinski definition) is 0. The topological polar surface area (TPSA) is 30.2 Å². The minimum atomic E-state index is -0.00305. The summed E-state index contributed by atoms with van der Waals surface area (Å²) >= 11 is 3.39. The Bertz CT molecular complexity index is 291. The van der Waals surface area contributed by atoms with Gasteiger partial charge < -0.3 is 4.42 Å². The molecular formula is C11H15BrO2. The van der Waals surface area contributed by atoms with E-state index in [1.807, 2.05) is 6.07 Å². The number of alkyl halides is 1. The van der Waals surface area contributed by atoms with Crippen molar-refractivity contribution in [3.8, 4) is 0 Å². The SMILES string of the molecule is CC(=O)c1ccc(CCCCCBr)o1. The summed E-state index contributed by atoms with van der Waals surface area (Å²) in [5.74, 6) is 1.39. The van der Waals surface area contributed by atoms with Gasteiger partial charge in [0.15, 0.2) is 11.5 Å². The van der Waals surface area contributed by atoms with Gasteiger partial charge in [-0.2, -0.15) is 0 Å². The lowest BCUT2D eigenvalue weighted by Crippen LogP contribution is -1.87. The fraction of sp³-hybridized carbons (Fsp3) is 0.545. The van der Waals surface area contributed by atoms with Crippen molar-refractivity contribution in [2.45, 2.75) is 32.6 Å². The predicted molar refractivity (Wildman–Crippen MR) is 60.1 cm³/mol. The molecule has 0 bridgehead atoms. The molecule has 0 amide bonds. The van der Waals surface area contributed by atoms with E-state index < -0.39 is 0 Å².